The second-order valence-electron chi connectivity index (χ2n) is 5.05. The van der Waals surface area contributed by atoms with Crippen molar-refractivity contribution in [3.63, 3.8) is 0 Å². The fourth-order valence-electron chi connectivity index (χ4n) is 2.26. The van der Waals surface area contributed by atoms with Gasteiger partial charge in [-0.1, -0.05) is 0 Å². The Hall–Kier alpha value is -2.61. The summed E-state index contributed by atoms with van der Waals surface area (Å²) in [6, 6.07) is 7.20. The molecule has 108 valence electrons. The summed E-state index contributed by atoms with van der Waals surface area (Å²) in [7, 11) is 1.91. The number of benzene rings is 1. The van der Waals surface area contributed by atoms with E-state index in [1.807, 2.05) is 25.6 Å². The molecule has 0 bridgehead atoms. The minimum atomic E-state index is -0.0173. The van der Waals surface area contributed by atoms with Gasteiger partial charge in [0.2, 0.25) is 0 Å². The number of nitrogens with one attached hydrogen (secondary N) is 1. The predicted molar refractivity (Wildman–Crippen MR) is 81.2 cm³/mol. The van der Waals surface area contributed by atoms with E-state index in [2.05, 4.69) is 16.5 Å². The van der Waals surface area contributed by atoms with Crippen molar-refractivity contribution in [3.8, 4) is 6.07 Å². The second-order valence-corrected chi connectivity index (χ2v) is 5.05. The molecule has 0 saturated heterocycles. The van der Waals surface area contributed by atoms with Crippen LogP contribution in [-0.2, 0) is 13.6 Å². The van der Waals surface area contributed by atoms with Crippen molar-refractivity contribution >= 4 is 11.5 Å². The number of rotatable bonds is 4. The summed E-state index contributed by atoms with van der Waals surface area (Å²) >= 11 is 0. The molecule has 0 radical (unpaired) electrons. The number of hydrogen-bond acceptors (Lipinski definition) is 4. The smallest absolute Gasteiger partial charge is 0.159 e. The maximum absolute atomic E-state index is 11.5. The number of carbonyl (C=O) groups excluding carboxylic acids is 1. The lowest BCUT2D eigenvalue weighted by molar-refractivity contribution is 0.101. The van der Waals surface area contributed by atoms with Gasteiger partial charge in [-0.15, -0.1) is 0 Å². The number of carbonyl (C=O) groups is 1. The van der Waals surface area contributed by atoms with E-state index in [1.165, 1.54) is 6.92 Å². The number of aryl methyl sites for hydroxylation is 2. The molecular weight excluding hydrogens is 264 g/mol. The number of hydrogen-bond donors (Lipinski definition) is 1. The van der Waals surface area contributed by atoms with Crippen LogP contribution in [0.15, 0.2) is 18.2 Å². The van der Waals surface area contributed by atoms with Crippen LogP contribution in [0.25, 0.3) is 0 Å². The van der Waals surface area contributed by atoms with Gasteiger partial charge in [-0.3, -0.25) is 9.48 Å². The highest BCUT2D eigenvalue weighted by atomic mass is 16.1. The predicted octanol–water partition coefficient (Wildman–Crippen LogP) is 2.72. The van der Waals surface area contributed by atoms with Crippen LogP contribution in [0.3, 0.4) is 0 Å². The molecule has 0 aliphatic heterocycles. The quantitative estimate of drug-likeness (QED) is 0.875. The van der Waals surface area contributed by atoms with Crippen LogP contribution >= 0.6 is 0 Å². The molecule has 2 aromatic rings. The van der Waals surface area contributed by atoms with Gasteiger partial charge in [-0.25, -0.2) is 0 Å². The van der Waals surface area contributed by atoms with Crippen molar-refractivity contribution in [1.82, 2.24) is 9.78 Å². The van der Waals surface area contributed by atoms with Gasteiger partial charge in [0.25, 0.3) is 0 Å². The van der Waals surface area contributed by atoms with Gasteiger partial charge in [0, 0.05) is 30.4 Å². The Labute approximate surface area is 124 Å². The van der Waals surface area contributed by atoms with E-state index in [0.717, 1.165) is 17.0 Å². The fourth-order valence-corrected chi connectivity index (χ4v) is 2.26. The summed E-state index contributed by atoms with van der Waals surface area (Å²) in [4.78, 5) is 11.5. The first-order valence-corrected chi connectivity index (χ1v) is 6.72. The van der Waals surface area contributed by atoms with Crippen LogP contribution in [0.2, 0.25) is 0 Å². The molecule has 1 aromatic heterocycles. The highest BCUT2D eigenvalue weighted by Gasteiger charge is 2.11. The van der Waals surface area contributed by atoms with Crippen molar-refractivity contribution < 1.29 is 4.79 Å². The van der Waals surface area contributed by atoms with E-state index in [4.69, 9.17) is 5.26 Å². The monoisotopic (exact) mass is 282 g/mol. The van der Waals surface area contributed by atoms with Crippen LogP contribution in [0, 0.1) is 25.2 Å². The third-order valence-electron chi connectivity index (χ3n) is 3.66. The molecule has 0 amide bonds. The number of nitriles is 1. The SMILES string of the molecule is CC(=O)c1ccc(C#N)c(NCc2c(C)nn(C)c2C)c1. The first-order chi connectivity index (χ1) is 9.93. The Morgan fingerprint density at radius 1 is 1.43 bits per heavy atom. The van der Waals surface area contributed by atoms with E-state index in [9.17, 15) is 4.79 Å². The molecule has 5 nitrogen and oxygen atoms in total. The van der Waals surface area contributed by atoms with E-state index < -0.39 is 0 Å². The molecule has 1 heterocycles. The Morgan fingerprint density at radius 3 is 2.67 bits per heavy atom. The molecule has 0 aliphatic carbocycles. The van der Waals surface area contributed by atoms with Crippen LogP contribution < -0.4 is 5.32 Å². The van der Waals surface area contributed by atoms with Gasteiger partial charge in [0.15, 0.2) is 5.78 Å². The lowest BCUT2D eigenvalue weighted by Gasteiger charge is -2.10. The summed E-state index contributed by atoms with van der Waals surface area (Å²) in [5, 5.41) is 16.8. The van der Waals surface area contributed by atoms with E-state index in [-0.39, 0.29) is 5.78 Å². The Morgan fingerprint density at radius 2 is 2.14 bits per heavy atom. The summed E-state index contributed by atoms with van der Waals surface area (Å²) in [5.41, 5.74) is 4.95. The number of Topliss-reactive ketones (excluding diaryl/α,β-unsaturated/α-hetero) is 1. The average molecular weight is 282 g/mol. The van der Waals surface area contributed by atoms with Gasteiger partial charge in [0.05, 0.1) is 16.9 Å². The van der Waals surface area contributed by atoms with Crippen LogP contribution in [0.4, 0.5) is 5.69 Å². The van der Waals surface area contributed by atoms with Crippen molar-refractivity contribution in [1.29, 1.82) is 5.26 Å². The summed E-state index contributed by atoms with van der Waals surface area (Å²) in [6.07, 6.45) is 0. The first kappa shape index (κ1) is 14.8. The fraction of sp³-hybridized carbons (Fsp3) is 0.312. The van der Waals surface area contributed by atoms with Crippen molar-refractivity contribution in [3.05, 3.63) is 46.3 Å². The standard InChI is InChI=1S/C16H18N4O/c1-10-15(11(2)20(4)19-10)9-18-16-7-13(12(3)21)5-6-14(16)8-17/h5-7,18H,9H2,1-4H3. The maximum atomic E-state index is 11.5. The number of ketones is 1. The maximum Gasteiger partial charge on any atom is 0.159 e. The van der Waals surface area contributed by atoms with E-state index in [1.54, 1.807) is 18.2 Å². The van der Waals surface area contributed by atoms with Crippen molar-refractivity contribution in [2.45, 2.75) is 27.3 Å². The van der Waals surface area contributed by atoms with Gasteiger partial charge in [0.1, 0.15) is 6.07 Å². The minimum Gasteiger partial charge on any atom is -0.380 e. The van der Waals surface area contributed by atoms with Crippen LogP contribution in [0.5, 0.6) is 0 Å². The zero-order valence-corrected chi connectivity index (χ0v) is 12.7. The summed E-state index contributed by atoms with van der Waals surface area (Å²) in [5.74, 6) is -0.0173. The Kier molecular flexibility index (Phi) is 4.08. The number of anilines is 1. The first-order valence-electron chi connectivity index (χ1n) is 6.72. The zero-order valence-electron chi connectivity index (χ0n) is 12.7. The average Bonchev–Trinajstić information content (AvgIpc) is 2.69. The normalized spacial score (nSPS) is 10.2. The molecule has 0 unspecified atom stereocenters. The largest absolute Gasteiger partial charge is 0.380 e. The molecule has 1 N–H and O–H groups in total. The molecule has 0 spiro atoms. The second kappa shape index (κ2) is 5.80. The van der Waals surface area contributed by atoms with E-state index in [0.29, 0.717) is 23.4 Å². The molecule has 2 rings (SSSR count). The number of nitrogens with zero attached hydrogens (tertiary/aromatic N) is 3. The van der Waals surface area contributed by atoms with E-state index >= 15 is 0 Å². The molecular formula is C16H18N4O. The molecule has 0 aliphatic rings. The minimum absolute atomic E-state index is 0.0173. The summed E-state index contributed by atoms with van der Waals surface area (Å²) in [6.45, 7) is 6.05. The highest BCUT2D eigenvalue weighted by Crippen LogP contribution is 2.20. The van der Waals surface area contributed by atoms with Crippen LogP contribution in [-0.4, -0.2) is 15.6 Å². The third-order valence-corrected chi connectivity index (χ3v) is 3.66. The van der Waals surface area contributed by atoms with Gasteiger partial charge >= 0.3 is 0 Å². The zero-order chi connectivity index (χ0) is 15.6. The molecule has 5 heteroatoms. The molecule has 0 saturated carbocycles. The lowest BCUT2D eigenvalue weighted by atomic mass is 10.1. The molecule has 21 heavy (non-hydrogen) atoms. The molecule has 1 aromatic carbocycles. The summed E-state index contributed by atoms with van der Waals surface area (Å²) < 4.78 is 1.84. The molecule has 0 atom stereocenters. The van der Waals surface area contributed by atoms with Crippen molar-refractivity contribution in [2.24, 2.45) is 7.05 Å². The third kappa shape index (κ3) is 2.95. The Bertz CT molecular complexity index is 737. The highest BCUT2D eigenvalue weighted by molar-refractivity contribution is 5.95. The molecule has 0 fully saturated rings. The van der Waals surface area contributed by atoms with Gasteiger partial charge in [-0.05, 0) is 39.0 Å². The van der Waals surface area contributed by atoms with Crippen LogP contribution in [0.1, 0.15) is 39.8 Å². The van der Waals surface area contributed by atoms with Crippen molar-refractivity contribution in [2.75, 3.05) is 5.32 Å². The van der Waals surface area contributed by atoms with Gasteiger partial charge < -0.3 is 5.32 Å². The van der Waals surface area contributed by atoms with Gasteiger partial charge in [-0.2, -0.15) is 10.4 Å². The topological polar surface area (TPSA) is 70.7 Å². The number of aromatic nitrogens is 2. The lowest BCUT2D eigenvalue weighted by Crippen LogP contribution is -2.05. The Balaban J connectivity index is 2.29.